The highest BCUT2D eigenvalue weighted by atomic mass is 16.4. The molecule has 1 atom stereocenters. The van der Waals surface area contributed by atoms with Crippen LogP contribution in [0.2, 0.25) is 0 Å². The van der Waals surface area contributed by atoms with E-state index in [-0.39, 0.29) is 5.92 Å². The van der Waals surface area contributed by atoms with Gasteiger partial charge in [-0.2, -0.15) is 0 Å². The van der Waals surface area contributed by atoms with Crippen molar-refractivity contribution >= 4 is 5.97 Å². The van der Waals surface area contributed by atoms with E-state index in [0.717, 1.165) is 25.7 Å². The molecule has 56 heavy (non-hydrogen) atoms. The quantitative estimate of drug-likeness (QED) is 0.0623. The van der Waals surface area contributed by atoms with E-state index in [4.69, 9.17) is 0 Å². The monoisotopic (exact) mass is 789 g/mol. The molecular formula is C54H108O2. The molecule has 0 saturated carbocycles. The number of carbonyl (C=O) groups is 1. The second kappa shape index (κ2) is 50.6. The van der Waals surface area contributed by atoms with Gasteiger partial charge in [-0.1, -0.05) is 322 Å². The van der Waals surface area contributed by atoms with Crippen molar-refractivity contribution < 1.29 is 9.90 Å². The maximum atomic E-state index is 11.8. The van der Waals surface area contributed by atoms with Crippen molar-refractivity contribution in [1.82, 2.24) is 0 Å². The topological polar surface area (TPSA) is 37.3 Å². The summed E-state index contributed by atoms with van der Waals surface area (Å²) >= 11 is 0. The van der Waals surface area contributed by atoms with Crippen molar-refractivity contribution in [3.63, 3.8) is 0 Å². The van der Waals surface area contributed by atoms with Gasteiger partial charge in [0.15, 0.2) is 0 Å². The van der Waals surface area contributed by atoms with E-state index in [1.165, 1.54) is 295 Å². The van der Waals surface area contributed by atoms with Gasteiger partial charge in [0.2, 0.25) is 0 Å². The molecule has 0 rings (SSSR count). The van der Waals surface area contributed by atoms with Gasteiger partial charge in [-0.25, -0.2) is 0 Å². The highest BCUT2D eigenvalue weighted by Crippen LogP contribution is 2.21. The highest BCUT2D eigenvalue weighted by molar-refractivity contribution is 5.69. The lowest BCUT2D eigenvalue weighted by Gasteiger charge is -2.12. The van der Waals surface area contributed by atoms with Crippen LogP contribution in [0.5, 0.6) is 0 Å². The number of hydrogen-bond acceptors (Lipinski definition) is 1. The first-order valence-electron chi connectivity index (χ1n) is 26.9. The first kappa shape index (κ1) is 55.5. The summed E-state index contributed by atoms with van der Waals surface area (Å²) in [6.07, 6.45) is 69.5. The second-order valence-electron chi connectivity index (χ2n) is 18.9. The molecular weight excluding hydrogens is 681 g/mol. The molecule has 2 heteroatoms. The van der Waals surface area contributed by atoms with Crippen molar-refractivity contribution in [3.05, 3.63) is 0 Å². The van der Waals surface area contributed by atoms with Gasteiger partial charge in [0.1, 0.15) is 0 Å². The van der Waals surface area contributed by atoms with Gasteiger partial charge in [-0.3, -0.25) is 4.79 Å². The number of hydrogen-bond donors (Lipinski definition) is 1. The lowest BCUT2D eigenvalue weighted by Crippen LogP contribution is -2.13. The Bertz CT molecular complexity index is 703. The second-order valence-corrected chi connectivity index (χ2v) is 18.9. The van der Waals surface area contributed by atoms with E-state index < -0.39 is 5.97 Å². The Balaban J connectivity index is 3.28. The van der Waals surface area contributed by atoms with E-state index in [9.17, 15) is 9.90 Å². The fourth-order valence-electron chi connectivity index (χ4n) is 9.10. The molecule has 0 radical (unpaired) electrons. The number of rotatable bonds is 51. The van der Waals surface area contributed by atoms with E-state index in [2.05, 4.69) is 13.8 Å². The molecule has 0 aliphatic rings. The van der Waals surface area contributed by atoms with Crippen LogP contribution < -0.4 is 0 Å². The standard InChI is InChI=1S/C54H108O2/c1-3-5-7-9-11-13-15-17-19-21-22-23-24-25-26-27-28-29-30-31-32-33-34-35-36-38-40-42-44-46-48-50-52-53(54(55)56)51-49-47-45-43-41-39-37-20-18-16-14-12-10-8-6-4-2/h53H,3-52H2,1-2H3,(H,55,56). The largest absolute Gasteiger partial charge is 0.481 e. The summed E-state index contributed by atoms with van der Waals surface area (Å²) < 4.78 is 0. The van der Waals surface area contributed by atoms with Crippen LogP contribution in [0.1, 0.15) is 335 Å². The van der Waals surface area contributed by atoms with E-state index in [0.29, 0.717) is 0 Å². The molecule has 2 nitrogen and oxygen atoms in total. The van der Waals surface area contributed by atoms with Crippen molar-refractivity contribution in [2.75, 3.05) is 0 Å². The molecule has 336 valence electrons. The van der Waals surface area contributed by atoms with Crippen molar-refractivity contribution in [2.24, 2.45) is 5.92 Å². The third-order valence-electron chi connectivity index (χ3n) is 13.2. The molecule has 0 bridgehead atoms. The van der Waals surface area contributed by atoms with Gasteiger partial charge in [-0.05, 0) is 12.8 Å². The summed E-state index contributed by atoms with van der Waals surface area (Å²) in [5.74, 6) is -0.651. The minimum Gasteiger partial charge on any atom is -0.481 e. The number of carboxylic acid groups (broad SMARTS) is 1. The van der Waals surface area contributed by atoms with Gasteiger partial charge in [0.25, 0.3) is 0 Å². The van der Waals surface area contributed by atoms with E-state index in [1.54, 1.807) is 0 Å². The van der Waals surface area contributed by atoms with Crippen LogP contribution in [-0.2, 0) is 4.79 Å². The molecule has 0 heterocycles. The highest BCUT2D eigenvalue weighted by Gasteiger charge is 2.16. The van der Waals surface area contributed by atoms with Crippen LogP contribution in [0.4, 0.5) is 0 Å². The molecule has 1 unspecified atom stereocenters. The van der Waals surface area contributed by atoms with Gasteiger partial charge in [0.05, 0.1) is 5.92 Å². The van der Waals surface area contributed by atoms with E-state index >= 15 is 0 Å². The zero-order valence-electron chi connectivity index (χ0n) is 39.3. The Kier molecular flexibility index (Phi) is 50.1. The van der Waals surface area contributed by atoms with Crippen molar-refractivity contribution in [3.8, 4) is 0 Å². The smallest absolute Gasteiger partial charge is 0.306 e. The lowest BCUT2D eigenvalue weighted by atomic mass is 9.94. The predicted octanol–water partition coefficient (Wildman–Crippen LogP) is 20.2. The molecule has 0 aliphatic carbocycles. The minimum absolute atomic E-state index is 0.102. The zero-order valence-corrected chi connectivity index (χ0v) is 39.3. The molecule has 0 aliphatic heterocycles. The third kappa shape index (κ3) is 47.8. The first-order chi connectivity index (χ1) is 27.7. The van der Waals surface area contributed by atoms with Gasteiger partial charge < -0.3 is 5.11 Å². The average Bonchev–Trinajstić information content (AvgIpc) is 3.20. The average molecular weight is 789 g/mol. The number of carboxylic acids is 1. The van der Waals surface area contributed by atoms with Gasteiger partial charge in [0, 0.05) is 0 Å². The molecule has 0 aromatic rings. The van der Waals surface area contributed by atoms with Crippen LogP contribution in [0.15, 0.2) is 0 Å². The summed E-state index contributed by atoms with van der Waals surface area (Å²) in [4.78, 5) is 11.8. The molecule has 0 saturated heterocycles. The molecule has 0 fully saturated rings. The first-order valence-corrected chi connectivity index (χ1v) is 26.9. The summed E-state index contributed by atoms with van der Waals surface area (Å²) in [6.45, 7) is 4.60. The number of unbranched alkanes of at least 4 members (excludes halogenated alkanes) is 46. The molecule has 0 aromatic carbocycles. The van der Waals surface area contributed by atoms with Crippen molar-refractivity contribution in [2.45, 2.75) is 335 Å². The summed E-state index contributed by atoms with van der Waals surface area (Å²) in [5, 5.41) is 9.71. The lowest BCUT2D eigenvalue weighted by molar-refractivity contribution is -0.142. The Morgan fingerprint density at radius 3 is 0.500 bits per heavy atom. The van der Waals surface area contributed by atoms with Crippen LogP contribution in [0.25, 0.3) is 0 Å². The maximum Gasteiger partial charge on any atom is 0.306 e. The Labute approximate surface area is 355 Å². The van der Waals surface area contributed by atoms with Gasteiger partial charge in [-0.15, -0.1) is 0 Å². The number of aliphatic carboxylic acids is 1. The zero-order chi connectivity index (χ0) is 40.5. The minimum atomic E-state index is -0.549. The van der Waals surface area contributed by atoms with Crippen LogP contribution in [0.3, 0.4) is 0 Å². The Morgan fingerprint density at radius 1 is 0.250 bits per heavy atom. The summed E-state index contributed by atoms with van der Waals surface area (Å²) in [5.41, 5.74) is 0. The summed E-state index contributed by atoms with van der Waals surface area (Å²) in [6, 6.07) is 0. The fourth-order valence-corrected chi connectivity index (χ4v) is 9.10. The van der Waals surface area contributed by atoms with Gasteiger partial charge >= 0.3 is 5.97 Å². The van der Waals surface area contributed by atoms with Crippen LogP contribution in [-0.4, -0.2) is 11.1 Å². The maximum absolute atomic E-state index is 11.8. The van der Waals surface area contributed by atoms with Crippen LogP contribution >= 0.6 is 0 Å². The third-order valence-corrected chi connectivity index (χ3v) is 13.2. The Morgan fingerprint density at radius 2 is 0.375 bits per heavy atom. The molecule has 0 amide bonds. The van der Waals surface area contributed by atoms with E-state index in [1.807, 2.05) is 0 Å². The normalized spacial score (nSPS) is 12.2. The molecule has 1 N–H and O–H groups in total. The molecule has 0 aromatic heterocycles. The SMILES string of the molecule is CCCCCCCCCCCCCCCCCCCCCCCCCCCCCCCCCCC(CCCCCCCCCCCCCCCCCC)C(=O)O. The Hall–Kier alpha value is -0.530. The van der Waals surface area contributed by atoms with Crippen LogP contribution in [0, 0.1) is 5.92 Å². The fraction of sp³-hybridized carbons (Fsp3) is 0.981. The summed E-state index contributed by atoms with van der Waals surface area (Å²) in [7, 11) is 0. The molecule has 0 spiro atoms. The predicted molar refractivity (Wildman–Crippen MR) is 253 cm³/mol. The van der Waals surface area contributed by atoms with Crippen molar-refractivity contribution in [1.29, 1.82) is 0 Å².